The van der Waals surface area contributed by atoms with Crippen LogP contribution >= 0.6 is 23.1 Å². The summed E-state index contributed by atoms with van der Waals surface area (Å²) < 4.78 is 6.04. The Hall–Kier alpha value is -2.12. The Labute approximate surface area is 154 Å². The number of aromatic nitrogens is 2. The molecule has 2 heterocycles. The van der Waals surface area contributed by atoms with E-state index >= 15 is 0 Å². The molecular weight excluding hydrogens is 354 g/mol. The fourth-order valence-electron chi connectivity index (χ4n) is 2.33. The summed E-state index contributed by atoms with van der Waals surface area (Å²) in [7, 11) is 0. The molecule has 1 unspecified atom stereocenters. The van der Waals surface area contributed by atoms with Crippen molar-refractivity contribution in [1.29, 1.82) is 0 Å². The second-order valence-electron chi connectivity index (χ2n) is 5.75. The topological polar surface area (TPSA) is 68.0 Å². The first-order valence-electron chi connectivity index (χ1n) is 7.91. The lowest BCUT2D eigenvalue weighted by Gasteiger charge is -2.11. The zero-order valence-corrected chi connectivity index (χ0v) is 15.9. The second-order valence-corrected chi connectivity index (χ2v) is 8.31. The quantitative estimate of drug-likeness (QED) is 0.477. The number of carbonyl (C=O) groups is 1. The van der Waals surface area contributed by atoms with Gasteiger partial charge in [-0.25, -0.2) is 0 Å². The third-order valence-corrected chi connectivity index (χ3v) is 5.77. The Morgan fingerprint density at radius 1 is 1.32 bits per heavy atom. The highest BCUT2D eigenvalue weighted by molar-refractivity contribution is 8.02. The Kier molecular flexibility index (Phi) is 5.55. The number of nitrogens with zero attached hydrogens (tertiary/aromatic N) is 2. The molecular formula is C18H19N3O2S2. The third-order valence-electron chi connectivity index (χ3n) is 3.71. The van der Waals surface area contributed by atoms with Gasteiger partial charge in [0.1, 0.15) is 5.76 Å². The smallest absolute Gasteiger partial charge is 0.206 e. The van der Waals surface area contributed by atoms with Crippen molar-refractivity contribution in [1.82, 2.24) is 10.2 Å². The molecule has 0 bridgehead atoms. The van der Waals surface area contributed by atoms with Gasteiger partial charge in [0, 0.05) is 5.56 Å². The Bertz CT molecular complexity index is 859. The number of Topliss-reactive ketones (excluding diaryl/α,β-unsaturated/α-hetero) is 1. The first kappa shape index (κ1) is 17.7. The molecule has 1 aromatic carbocycles. The van der Waals surface area contributed by atoms with Crippen LogP contribution in [0.1, 0.15) is 34.2 Å². The monoisotopic (exact) mass is 373 g/mol. The Morgan fingerprint density at radius 2 is 2.16 bits per heavy atom. The van der Waals surface area contributed by atoms with Crippen LogP contribution in [0, 0.1) is 13.8 Å². The molecule has 0 aliphatic rings. The minimum Gasteiger partial charge on any atom is -0.467 e. The van der Waals surface area contributed by atoms with E-state index < -0.39 is 0 Å². The number of rotatable bonds is 7. The number of benzene rings is 1. The van der Waals surface area contributed by atoms with E-state index in [1.54, 1.807) is 6.26 Å². The van der Waals surface area contributed by atoms with Crippen LogP contribution in [0.5, 0.6) is 0 Å². The molecule has 1 N–H and O–H groups in total. The van der Waals surface area contributed by atoms with Crippen molar-refractivity contribution >= 4 is 34.0 Å². The molecule has 0 fully saturated rings. The van der Waals surface area contributed by atoms with E-state index in [9.17, 15) is 4.79 Å². The van der Waals surface area contributed by atoms with Crippen LogP contribution in [0.25, 0.3) is 0 Å². The van der Waals surface area contributed by atoms with Crippen LogP contribution in [0.4, 0.5) is 5.13 Å². The molecule has 25 heavy (non-hydrogen) atoms. The predicted molar refractivity (Wildman–Crippen MR) is 102 cm³/mol. The molecule has 0 aliphatic heterocycles. The minimum absolute atomic E-state index is 0.117. The van der Waals surface area contributed by atoms with E-state index in [-0.39, 0.29) is 11.0 Å². The fraction of sp³-hybridized carbons (Fsp3) is 0.278. The molecule has 7 heteroatoms. The van der Waals surface area contributed by atoms with Gasteiger partial charge in [0.25, 0.3) is 0 Å². The van der Waals surface area contributed by atoms with Gasteiger partial charge >= 0.3 is 0 Å². The van der Waals surface area contributed by atoms with Crippen molar-refractivity contribution < 1.29 is 9.21 Å². The van der Waals surface area contributed by atoms with Crippen molar-refractivity contribution in [2.24, 2.45) is 0 Å². The molecule has 130 valence electrons. The van der Waals surface area contributed by atoms with E-state index in [2.05, 4.69) is 15.5 Å². The van der Waals surface area contributed by atoms with Crippen LogP contribution in [-0.2, 0) is 6.54 Å². The summed E-state index contributed by atoms with van der Waals surface area (Å²) in [5.74, 6) is 0.953. The van der Waals surface area contributed by atoms with E-state index in [0.29, 0.717) is 11.7 Å². The van der Waals surface area contributed by atoms with Crippen molar-refractivity contribution in [2.75, 3.05) is 5.32 Å². The largest absolute Gasteiger partial charge is 0.467 e. The second kappa shape index (κ2) is 7.84. The highest BCUT2D eigenvalue weighted by Crippen LogP contribution is 2.31. The van der Waals surface area contributed by atoms with Gasteiger partial charge in [-0.15, -0.1) is 10.2 Å². The maximum atomic E-state index is 12.7. The van der Waals surface area contributed by atoms with Crippen LogP contribution < -0.4 is 5.32 Å². The van der Waals surface area contributed by atoms with Crippen molar-refractivity contribution in [3.63, 3.8) is 0 Å². The molecule has 0 saturated heterocycles. The van der Waals surface area contributed by atoms with Gasteiger partial charge in [0.2, 0.25) is 5.13 Å². The van der Waals surface area contributed by atoms with Gasteiger partial charge in [-0.3, -0.25) is 4.79 Å². The van der Waals surface area contributed by atoms with Crippen molar-refractivity contribution in [2.45, 2.75) is 36.9 Å². The minimum atomic E-state index is -0.216. The van der Waals surface area contributed by atoms with Gasteiger partial charge in [-0.1, -0.05) is 40.8 Å². The standard InChI is InChI=1S/C18H19N3O2S2/c1-11-6-7-12(2)15(9-11)16(22)13(3)24-18-21-20-17(25-18)19-10-14-5-4-8-23-14/h4-9,13H,10H2,1-3H3,(H,19,20). The summed E-state index contributed by atoms with van der Waals surface area (Å²) in [5, 5.41) is 11.9. The summed E-state index contributed by atoms with van der Waals surface area (Å²) in [6, 6.07) is 9.70. The number of aryl methyl sites for hydroxylation is 2. The summed E-state index contributed by atoms with van der Waals surface area (Å²) in [6.45, 7) is 6.43. The van der Waals surface area contributed by atoms with Gasteiger partial charge in [-0.05, 0) is 44.5 Å². The molecule has 2 aromatic heterocycles. The lowest BCUT2D eigenvalue weighted by Crippen LogP contribution is -2.15. The summed E-state index contributed by atoms with van der Waals surface area (Å²) in [5.41, 5.74) is 2.87. The number of nitrogens with one attached hydrogen (secondary N) is 1. The molecule has 0 spiro atoms. The molecule has 0 radical (unpaired) electrons. The van der Waals surface area contributed by atoms with E-state index in [1.807, 2.05) is 51.1 Å². The number of thioether (sulfide) groups is 1. The van der Waals surface area contributed by atoms with Gasteiger partial charge in [-0.2, -0.15) is 0 Å². The molecule has 0 aliphatic carbocycles. The number of carbonyl (C=O) groups excluding carboxylic acids is 1. The summed E-state index contributed by atoms with van der Waals surface area (Å²) in [4.78, 5) is 12.7. The maximum Gasteiger partial charge on any atom is 0.206 e. The van der Waals surface area contributed by atoms with E-state index in [0.717, 1.165) is 26.8 Å². The predicted octanol–water partition coefficient (Wildman–Crippen LogP) is 4.72. The zero-order valence-electron chi connectivity index (χ0n) is 14.3. The van der Waals surface area contributed by atoms with Gasteiger partial charge < -0.3 is 9.73 Å². The van der Waals surface area contributed by atoms with E-state index in [4.69, 9.17) is 4.42 Å². The number of furan rings is 1. The lowest BCUT2D eigenvalue weighted by molar-refractivity contribution is 0.0993. The number of anilines is 1. The van der Waals surface area contributed by atoms with E-state index in [1.165, 1.54) is 23.1 Å². The highest BCUT2D eigenvalue weighted by Gasteiger charge is 2.20. The van der Waals surface area contributed by atoms with Crippen LogP contribution in [0.3, 0.4) is 0 Å². The molecule has 0 saturated carbocycles. The number of ketones is 1. The Morgan fingerprint density at radius 3 is 2.92 bits per heavy atom. The summed E-state index contributed by atoms with van der Waals surface area (Å²) >= 11 is 2.88. The van der Waals surface area contributed by atoms with Crippen LogP contribution in [-0.4, -0.2) is 21.2 Å². The summed E-state index contributed by atoms with van der Waals surface area (Å²) in [6.07, 6.45) is 1.64. The zero-order chi connectivity index (χ0) is 17.8. The first-order valence-corrected chi connectivity index (χ1v) is 9.60. The molecule has 1 atom stereocenters. The molecule has 5 nitrogen and oxygen atoms in total. The fourth-order valence-corrected chi connectivity index (χ4v) is 4.29. The molecule has 3 aromatic rings. The average Bonchev–Trinajstić information content (AvgIpc) is 3.26. The first-order chi connectivity index (χ1) is 12.0. The number of hydrogen-bond acceptors (Lipinski definition) is 7. The highest BCUT2D eigenvalue weighted by atomic mass is 32.2. The molecule has 0 amide bonds. The normalized spacial score (nSPS) is 12.1. The van der Waals surface area contributed by atoms with Crippen LogP contribution in [0.2, 0.25) is 0 Å². The molecule has 3 rings (SSSR count). The average molecular weight is 374 g/mol. The van der Waals surface area contributed by atoms with Crippen molar-refractivity contribution in [3.05, 3.63) is 59.0 Å². The third kappa shape index (κ3) is 4.49. The SMILES string of the molecule is Cc1ccc(C)c(C(=O)C(C)Sc2nnc(NCc3ccco3)s2)c1. The van der Waals surface area contributed by atoms with Crippen LogP contribution in [0.15, 0.2) is 45.4 Å². The lowest BCUT2D eigenvalue weighted by atomic mass is 10.0. The van der Waals surface area contributed by atoms with Gasteiger partial charge in [0.05, 0.1) is 18.1 Å². The maximum absolute atomic E-state index is 12.7. The number of hydrogen-bond donors (Lipinski definition) is 1. The Balaban J connectivity index is 1.61. The van der Waals surface area contributed by atoms with Gasteiger partial charge in [0.15, 0.2) is 10.1 Å². The van der Waals surface area contributed by atoms with Crippen molar-refractivity contribution in [3.8, 4) is 0 Å².